The van der Waals surface area contributed by atoms with E-state index in [4.69, 9.17) is 0 Å². The number of nitrogens with one attached hydrogen (secondary N) is 1. The number of hydrogen-bond acceptors (Lipinski definition) is 3. The molecule has 0 aliphatic heterocycles. The van der Waals surface area contributed by atoms with Crippen LogP contribution in [0.3, 0.4) is 0 Å². The smallest absolute Gasteiger partial charge is 0.193 e. The summed E-state index contributed by atoms with van der Waals surface area (Å²) in [6.45, 7) is 1.58. The van der Waals surface area contributed by atoms with Crippen LogP contribution in [-0.4, -0.2) is 46.3 Å². The van der Waals surface area contributed by atoms with Crippen LogP contribution in [0.1, 0.15) is 11.3 Å². The van der Waals surface area contributed by atoms with Crippen molar-refractivity contribution >= 4 is 5.96 Å². The van der Waals surface area contributed by atoms with Crippen LogP contribution < -0.4 is 5.32 Å². The van der Waals surface area contributed by atoms with Crippen LogP contribution in [0.15, 0.2) is 41.8 Å². The molecule has 112 valence electrons. The molecule has 6 heteroatoms. The second kappa shape index (κ2) is 7.42. The Balaban J connectivity index is 1.82. The van der Waals surface area contributed by atoms with E-state index in [1.54, 1.807) is 11.7 Å². The number of nitrogens with zero attached hydrogens (tertiary/aromatic N) is 5. The Morgan fingerprint density at radius 1 is 1.43 bits per heavy atom. The predicted octanol–water partition coefficient (Wildman–Crippen LogP) is 1.06. The van der Waals surface area contributed by atoms with E-state index in [0.29, 0.717) is 0 Å². The molecule has 0 unspecified atom stereocenters. The number of hydrogen-bond donors (Lipinski definition) is 1. The van der Waals surface area contributed by atoms with E-state index in [1.807, 2.05) is 50.9 Å². The lowest BCUT2D eigenvalue weighted by Gasteiger charge is -2.21. The van der Waals surface area contributed by atoms with Gasteiger partial charge >= 0.3 is 0 Å². The van der Waals surface area contributed by atoms with Gasteiger partial charge in [0.25, 0.3) is 0 Å². The molecule has 0 radical (unpaired) electrons. The van der Waals surface area contributed by atoms with Gasteiger partial charge in [-0.3, -0.25) is 14.7 Å². The molecule has 0 saturated carbocycles. The van der Waals surface area contributed by atoms with E-state index in [0.717, 1.165) is 36.7 Å². The van der Waals surface area contributed by atoms with Crippen molar-refractivity contribution in [1.82, 2.24) is 25.0 Å². The summed E-state index contributed by atoms with van der Waals surface area (Å²) >= 11 is 0. The first-order valence-corrected chi connectivity index (χ1v) is 6.98. The lowest BCUT2D eigenvalue weighted by Crippen LogP contribution is -2.39. The van der Waals surface area contributed by atoms with E-state index >= 15 is 0 Å². The van der Waals surface area contributed by atoms with Gasteiger partial charge in [-0.05, 0) is 12.1 Å². The molecule has 0 aliphatic rings. The van der Waals surface area contributed by atoms with Crippen molar-refractivity contribution in [1.29, 1.82) is 0 Å². The molecule has 2 heterocycles. The number of aromatic nitrogens is 3. The quantitative estimate of drug-likeness (QED) is 0.660. The highest BCUT2D eigenvalue weighted by atomic mass is 15.3. The van der Waals surface area contributed by atoms with Crippen LogP contribution in [0, 0.1) is 0 Å². The number of guanidine groups is 1. The molecule has 0 bridgehead atoms. The molecule has 0 spiro atoms. The topological polar surface area (TPSA) is 58.3 Å². The summed E-state index contributed by atoms with van der Waals surface area (Å²) in [6.07, 6.45) is 6.58. The largest absolute Gasteiger partial charge is 0.356 e. The SMILES string of the molecule is CN=C(NCCc1ccccn1)N(C)Cc1cnn(C)c1. The minimum absolute atomic E-state index is 0.775. The minimum atomic E-state index is 0.775. The third-order valence-electron chi connectivity index (χ3n) is 3.14. The highest BCUT2D eigenvalue weighted by molar-refractivity contribution is 5.79. The first-order chi connectivity index (χ1) is 10.2. The molecular weight excluding hydrogens is 264 g/mol. The summed E-state index contributed by atoms with van der Waals surface area (Å²) < 4.78 is 1.81. The Morgan fingerprint density at radius 2 is 2.29 bits per heavy atom. The molecule has 2 rings (SSSR count). The average molecular weight is 286 g/mol. The molecule has 0 atom stereocenters. The molecular formula is C15H22N6. The Bertz CT molecular complexity index is 575. The first-order valence-electron chi connectivity index (χ1n) is 6.98. The highest BCUT2D eigenvalue weighted by Gasteiger charge is 2.07. The molecule has 2 aromatic heterocycles. The molecule has 0 amide bonds. The molecule has 0 saturated heterocycles. The van der Waals surface area contributed by atoms with Crippen molar-refractivity contribution in [3.63, 3.8) is 0 Å². The fourth-order valence-electron chi connectivity index (χ4n) is 2.14. The van der Waals surface area contributed by atoms with Gasteiger partial charge in [0.1, 0.15) is 0 Å². The van der Waals surface area contributed by atoms with Gasteiger partial charge in [0.2, 0.25) is 0 Å². The van der Waals surface area contributed by atoms with Crippen LogP contribution in [0.4, 0.5) is 0 Å². The van der Waals surface area contributed by atoms with Crippen molar-refractivity contribution in [3.8, 4) is 0 Å². The summed E-state index contributed by atoms with van der Waals surface area (Å²) in [5, 5.41) is 7.53. The van der Waals surface area contributed by atoms with Crippen LogP contribution in [0.2, 0.25) is 0 Å². The fourth-order valence-corrected chi connectivity index (χ4v) is 2.14. The lowest BCUT2D eigenvalue weighted by atomic mass is 10.3. The van der Waals surface area contributed by atoms with Crippen molar-refractivity contribution in [2.24, 2.45) is 12.0 Å². The molecule has 2 aromatic rings. The van der Waals surface area contributed by atoms with Gasteiger partial charge in [0, 0.05) is 64.3 Å². The highest BCUT2D eigenvalue weighted by Crippen LogP contribution is 2.01. The van der Waals surface area contributed by atoms with Gasteiger partial charge in [-0.1, -0.05) is 6.07 Å². The zero-order valence-electron chi connectivity index (χ0n) is 12.8. The van der Waals surface area contributed by atoms with E-state index in [-0.39, 0.29) is 0 Å². The van der Waals surface area contributed by atoms with Crippen molar-refractivity contribution in [2.75, 3.05) is 20.6 Å². The number of aliphatic imine (C=N–C) groups is 1. The minimum Gasteiger partial charge on any atom is -0.356 e. The molecule has 6 nitrogen and oxygen atoms in total. The average Bonchev–Trinajstić information content (AvgIpc) is 2.89. The molecule has 1 N–H and O–H groups in total. The third-order valence-corrected chi connectivity index (χ3v) is 3.14. The van der Waals surface area contributed by atoms with Gasteiger partial charge in [-0.25, -0.2) is 0 Å². The van der Waals surface area contributed by atoms with Crippen molar-refractivity contribution in [3.05, 3.63) is 48.0 Å². The van der Waals surface area contributed by atoms with Crippen LogP contribution in [-0.2, 0) is 20.0 Å². The predicted molar refractivity (Wildman–Crippen MR) is 84.0 cm³/mol. The van der Waals surface area contributed by atoms with Gasteiger partial charge in [0.15, 0.2) is 5.96 Å². The second-order valence-electron chi connectivity index (χ2n) is 4.92. The van der Waals surface area contributed by atoms with E-state index in [2.05, 4.69) is 25.3 Å². The van der Waals surface area contributed by atoms with Crippen LogP contribution in [0.25, 0.3) is 0 Å². The van der Waals surface area contributed by atoms with Gasteiger partial charge in [0.05, 0.1) is 6.20 Å². The number of pyridine rings is 1. The lowest BCUT2D eigenvalue weighted by molar-refractivity contribution is 0.477. The Hall–Kier alpha value is -2.37. The summed E-state index contributed by atoms with van der Waals surface area (Å²) in [5.41, 5.74) is 2.24. The van der Waals surface area contributed by atoms with Gasteiger partial charge in [-0.15, -0.1) is 0 Å². The van der Waals surface area contributed by atoms with Crippen molar-refractivity contribution in [2.45, 2.75) is 13.0 Å². The van der Waals surface area contributed by atoms with Crippen molar-refractivity contribution < 1.29 is 0 Å². The molecule has 0 aromatic carbocycles. The molecule has 0 fully saturated rings. The zero-order chi connectivity index (χ0) is 15.1. The maximum absolute atomic E-state index is 4.31. The summed E-state index contributed by atoms with van der Waals surface area (Å²) in [6, 6.07) is 5.97. The first kappa shape index (κ1) is 15.0. The Kier molecular flexibility index (Phi) is 5.31. The summed E-state index contributed by atoms with van der Waals surface area (Å²) in [5.74, 6) is 0.870. The monoisotopic (exact) mass is 286 g/mol. The van der Waals surface area contributed by atoms with Gasteiger partial charge in [-0.2, -0.15) is 5.10 Å². The summed E-state index contributed by atoms with van der Waals surface area (Å²) in [7, 11) is 5.73. The van der Waals surface area contributed by atoms with Crippen LogP contribution in [0.5, 0.6) is 0 Å². The molecule has 0 aliphatic carbocycles. The second-order valence-corrected chi connectivity index (χ2v) is 4.92. The van der Waals surface area contributed by atoms with E-state index < -0.39 is 0 Å². The van der Waals surface area contributed by atoms with E-state index in [9.17, 15) is 0 Å². The standard InChI is InChI=1S/C15H22N6/c1-16-15(18-9-7-14-6-4-5-8-17-14)20(2)11-13-10-19-21(3)12-13/h4-6,8,10,12H,7,9,11H2,1-3H3,(H,16,18). The van der Waals surface area contributed by atoms with E-state index in [1.165, 1.54) is 0 Å². The molecule has 21 heavy (non-hydrogen) atoms. The zero-order valence-corrected chi connectivity index (χ0v) is 12.8. The summed E-state index contributed by atoms with van der Waals surface area (Å²) in [4.78, 5) is 10.7. The normalized spacial score (nSPS) is 11.5. The van der Waals surface area contributed by atoms with Crippen LogP contribution >= 0.6 is 0 Å². The number of aryl methyl sites for hydroxylation is 1. The maximum atomic E-state index is 4.31. The fraction of sp³-hybridized carbons (Fsp3) is 0.400. The number of rotatable bonds is 5. The maximum Gasteiger partial charge on any atom is 0.193 e. The Labute approximate surface area is 125 Å². The Morgan fingerprint density at radius 3 is 2.90 bits per heavy atom. The van der Waals surface area contributed by atoms with Gasteiger partial charge < -0.3 is 10.2 Å². The third kappa shape index (κ3) is 4.59.